The van der Waals surface area contributed by atoms with Crippen molar-refractivity contribution in [2.75, 3.05) is 18.4 Å². The normalized spacial score (nSPS) is 18.4. The van der Waals surface area contributed by atoms with E-state index in [2.05, 4.69) is 20.8 Å². The van der Waals surface area contributed by atoms with Crippen LogP contribution in [0.5, 0.6) is 0 Å². The minimum Gasteiger partial charge on any atom is -0.369 e. The Morgan fingerprint density at radius 1 is 1.43 bits per heavy atom. The fourth-order valence-corrected chi connectivity index (χ4v) is 1.90. The number of hydrogen-bond acceptors (Lipinski definition) is 6. The summed E-state index contributed by atoms with van der Waals surface area (Å²) in [7, 11) is 0. The van der Waals surface area contributed by atoms with E-state index in [4.69, 9.17) is 0 Å². The van der Waals surface area contributed by atoms with E-state index < -0.39 is 23.8 Å². The summed E-state index contributed by atoms with van der Waals surface area (Å²) in [4.78, 5) is 36.4. The fraction of sp³-hybridized carbons (Fsp3) is 0.462. The lowest BCUT2D eigenvalue weighted by Crippen LogP contribution is -2.58. The van der Waals surface area contributed by atoms with Gasteiger partial charge in [0.05, 0.1) is 0 Å². The Bertz CT molecular complexity index is 557. The molecule has 1 unspecified atom stereocenters. The van der Waals surface area contributed by atoms with Crippen LogP contribution >= 0.6 is 0 Å². The number of nitrogens with one attached hydrogen (secondary N) is 2. The molecule has 112 valence electrons. The second-order valence-electron chi connectivity index (χ2n) is 4.75. The van der Waals surface area contributed by atoms with Gasteiger partial charge in [-0.25, -0.2) is 0 Å². The van der Waals surface area contributed by atoms with Crippen LogP contribution in [0, 0.1) is 0 Å². The van der Waals surface area contributed by atoms with E-state index in [0.29, 0.717) is 5.82 Å². The van der Waals surface area contributed by atoms with Crippen molar-refractivity contribution in [3.05, 3.63) is 17.8 Å². The van der Waals surface area contributed by atoms with Crippen molar-refractivity contribution < 1.29 is 14.4 Å². The molecule has 1 aliphatic heterocycles. The van der Waals surface area contributed by atoms with E-state index in [-0.39, 0.29) is 12.2 Å². The average molecular weight is 291 g/mol. The van der Waals surface area contributed by atoms with Gasteiger partial charge in [-0.15, -0.1) is 10.2 Å². The second kappa shape index (κ2) is 6.29. The molecular weight excluding hydrogens is 274 g/mol. The quantitative estimate of drug-likeness (QED) is 0.744. The van der Waals surface area contributed by atoms with E-state index in [1.165, 1.54) is 11.0 Å². The van der Waals surface area contributed by atoms with Gasteiger partial charge in [0.25, 0.3) is 5.91 Å². The van der Waals surface area contributed by atoms with Gasteiger partial charge >= 0.3 is 0 Å². The summed E-state index contributed by atoms with van der Waals surface area (Å²) in [5.41, 5.74) is 0.103. The summed E-state index contributed by atoms with van der Waals surface area (Å²) in [6, 6.07) is 2.46. The number of rotatable bonds is 4. The molecule has 0 saturated carbocycles. The fourth-order valence-electron chi connectivity index (χ4n) is 1.90. The highest BCUT2D eigenvalue weighted by Gasteiger charge is 2.34. The van der Waals surface area contributed by atoms with Crippen LogP contribution in [0.4, 0.5) is 5.82 Å². The van der Waals surface area contributed by atoms with Crippen LogP contribution in [0.2, 0.25) is 0 Å². The molecule has 0 radical (unpaired) electrons. The van der Waals surface area contributed by atoms with Gasteiger partial charge in [0, 0.05) is 6.54 Å². The summed E-state index contributed by atoms with van der Waals surface area (Å²) in [6.45, 7) is 4.19. The van der Waals surface area contributed by atoms with Crippen molar-refractivity contribution in [3.8, 4) is 0 Å². The van der Waals surface area contributed by atoms with E-state index >= 15 is 0 Å². The molecule has 8 heteroatoms. The molecule has 0 spiro atoms. The summed E-state index contributed by atoms with van der Waals surface area (Å²) in [5.74, 6) is -0.899. The molecule has 0 bridgehead atoms. The van der Waals surface area contributed by atoms with Gasteiger partial charge in [0.2, 0.25) is 11.8 Å². The van der Waals surface area contributed by atoms with Crippen LogP contribution in [0.25, 0.3) is 0 Å². The smallest absolute Gasteiger partial charge is 0.275 e. The van der Waals surface area contributed by atoms with E-state index in [0.717, 1.165) is 13.0 Å². The molecule has 2 rings (SSSR count). The highest BCUT2D eigenvalue weighted by molar-refractivity contribution is 6.06. The minimum absolute atomic E-state index is 0.103. The number of aromatic nitrogens is 2. The van der Waals surface area contributed by atoms with Crippen LogP contribution in [-0.2, 0) is 9.59 Å². The molecule has 0 aromatic carbocycles. The Balaban J connectivity index is 2.11. The van der Waals surface area contributed by atoms with Gasteiger partial charge in [-0.1, -0.05) is 6.92 Å². The maximum atomic E-state index is 12.3. The molecule has 1 aromatic heterocycles. The first kappa shape index (κ1) is 14.9. The van der Waals surface area contributed by atoms with Crippen LogP contribution in [-0.4, -0.2) is 52.0 Å². The van der Waals surface area contributed by atoms with Crippen LogP contribution in [0.15, 0.2) is 12.1 Å². The maximum absolute atomic E-state index is 12.3. The number of hydrogen-bond donors (Lipinski definition) is 2. The summed E-state index contributed by atoms with van der Waals surface area (Å²) >= 11 is 0. The van der Waals surface area contributed by atoms with Gasteiger partial charge in [-0.05, 0) is 25.5 Å². The summed E-state index contributed by atoms with van der Waals surface area (Å²) in [6.07, 6.45) is 0.949. The highest BCUT2D eigenvalue weighted by atomic mass is 16.2. The molecule has 8 nitrogen and oxygen atoms in total. The Kier molecular flexibility index (Phi) is 4.46. The molecule has 21 heavy (non-hydrogen) atoms. The molecule has 3 amide bonds. The molecule has 1 aliphatic rings. The van der Waals surface area contributed by atoms with Crippen LogP contribution in [0.1, 0.15) is 30.8 Å². The van der Waals surface area contributed by atoms with E-state index in [9.17, 15) is 14.4 Å². The average Bonchev–Trinajstić information content (AvgIpc) is 2.48. The summed E-state index contributed by atoms with van der Waals surface area (Å²) in [5, 5.41) is 13.0. The SMILES string of the molecule is CCCNc1ccc(C(=O)N2CC(=O)NC(=O)C2C)nn1. The van der Waals surface area contributed by atoms with E-state index in [1.807, 2.05) is 6.92 Å². The van der Waals surface area contributed by atoms with Gasteiger partial charge in [0.15, 0.2) is 5.69 Å². The van der Waals surface area contributed by atoms with Gasteiger partial charge in [-0.2, -0.15) is 0 Å². The predicted octanol–water partition coefficient (Wildman–Crippen LogP) is -0.214. The monoisotopic (exact) mass is 291 g/mol. The second-order valence-corrected chi connectivity index (χ2v) is 4.75. The standard InChI is InChI=1S/C13H17N5O3/c1-3-6-14-10-5-4-9(16-17-10)13(21)18-7-11(19)15-12(20)8(18)2/h4-5,8H,3,6-7H2,1-2H3,(H,14,17)(H,15,19,20). The molecule has 2 heterocycles. The lowest BCUT2D eigenvalue weighted by Gasteiger charge is -2.31. The summed E-state index contributed by atoms with van der Waals surface area (Å²) < 4.78 is 0. The third kappa shape index (κ3) is 3.33. The lowest BCUT2D eigenvalue weighted by atomic mass is 10.2. The zero-order chi connectivity index (χ0) is 15.4. The van der Waals surface area contributed by atoms with Crippen molar-refractivity contribution >= 4 is 23.5 Å². The van der Waals surface area contributed by atoms with Crippen LogP contribution < -0.4 is 10.6 Å². The number of nitrogens with zero attached hydrogens (tertiary/aromatic N) is 3. The van der Waals surface area contributed by atoms with Crippen molar-refractivity contribution in [2.45, 2.75) is 26.3 Å². The lowest BCUT2D eigenvalue weighted by molar-refractivity contribution is -0.138. The Morgan fingerprint density at radius 3 is 2.81 bits per heavy atom. The maximum Gasteiger partial charge on any atom is 0.275 e. The number of carbonyl (C=O) groups is 3. The molecular formula is C13H17N5O3. The molecule has 1 aromatic rings. The Labute approximate surface area is 121 Å². The minimum atomic E-state index is -0.713. The molecule has 1 fully saturated rings. The van der Waals surface area contributed by atoms with Gasteiger partial charge < -0.3 is 10.2 Å². The van der Waals surface area contributed by atoms with Crippen molar-refractivity contribution in [1.29, 1.82) is 0 Å². The van der Waals surface area contributed by atoms with Crippen molar-refractivity contribution in [1.82, 2.24) is 20.4 Å². The van der Waals surface area contributed by atoms with Gasteiger partial charge in [0.1, 0.15) is 18.4 Å². The van der Waals surface area contributed by atoms with E-state index in [1.54, 1.807) is 13.0 Å². The van der Waals surface area contributed by atoms with Gasteiger partial charge in [-0.3, -0.25) is 19.7 Å². The molecule has 0 aliphatic carbocycles. The predicted molar refractivity (Wildman–Crippen MR) is 74.5 cm³/mol. The first-order valence-electron chi connectivity index (χ1n) is 6.75. The number of piperazine rings is 1. The first-order chi connectivity index (χ1) is 10.0. The first-order valence-corrected chi connectivity index (χ1v) is 6.75. The molecule has 1 atom stereocenters. The third-order valence-corrected chi connectivity index (χ3v) is 3.12. The third-order valence-electron chi connectivity index (χ3n) is 3.12. The highest BCUT2D eigenvalue weighted by Crippen LogP contribution is 2.11. The Morgan fingerprint density at radius 2 is 2.19 bits per heavy atom. The zero-order valence-corrected chi connectivity index (χ0v) is 11.9. The number of amides is 3. The van der Waals surface area contributed by atoms with Crippen molar-refractivity contribution in [2.24, 2.45) is 0 Å². The van der Waals surface area contributed by atoms with Crippen LogP contribution in [0.3, 0.4) is 0 Å². The largest absolute Gasteiger partial charge is 0.369 e. The number of imide groups is 1. The number of carbonyl (C=O) groups excluding carboxylic acids is 3. The zero-order valence-electron chi connectivity index (χ0n) is 11.9. The molecule has 1 saturated heterocycles. The topological polar surface area (TPSA) is 104 Å². The molecule has 2 N–H and O–H groups in total. The van der Waals surface area contributed by atoms with Crippen molar-refractivity contribution in [3.63, 3.8) is 0 Å². The Hall–Kier alpha value is -2.51. The number of anilines is 1.